The van der Waals surface area contributed by atoms with Gasteiger partial charge in [-0.25, -0.2) is 0 Å². The molecule has 0 amide bonds. The van der Waals surface area contributed by atoms with Gasteiger partial charge in [0, 0.05) is 23.1 Å². The molecule has 0 atom stereocenters. The van der Waals surface area contributed by atoms with E-state index in [1.165, 1.54) is 0 Å². The Morgan fingerprint density at radius 1 is 1.47 bits per heavy atom. The summed E-state index contributed by atoms with van der Waals surface area (Å²) in [5.74, 6) is 5.87. The van der Waals surface area contributed by atoms with Gasteiger partial charge in [-0.05, 0) is 25.1 Å². The topological polar surface area (TPSA) is 48.9 Å². The fourth-order valence-corrected chi connectivity index (χ4v) is 1.44. The number of aromatic amines is 1. The highest BCUT2D eigenvalue weighted by Crippen LogP contribution is 2.15. The zero-order chi connectivity index (χ0) is 10.7. The van der Waals surface area contributed by atoms with Crippen molar-refractivity contribution in [3.8, 4) is 11.8 Å². The van der Waals surface area contributed by atoms with Crippen molar-refractivity contribution in [3.05, 3.63) is 29.5 Å². The molecular weight excluding hydrogens is 188 g/mol. The molecule has 0 unspecified atom stereocenters. The first-order chi connectivity index (χ1) is 7.31. The number of aromatic nitrogens is 2. The second-order valence-corrected chi connectivity index (χ2v) is 3.36. The van der Waals surface area contributed by atoms with Gasteiger partial charge in [0.05, 0.1) is 12.1 Å². The third-order valence-corrected chi connectivity index (χ3v) is 2.22. The number of fused-ring (bicyclic) bond motifs is 1. The fraction of sp³-hybridized carbons (Fsp3) is 0.250. The van der Waals surface area contributed by atoms with Crippen LogP contribution in [0.1, 0.15) is 17.7 Å². The van der Waals surface area contributed by atoms with Crippen molar-refractivity contribution in [1.29, 1.82) is 0 Å². The average molecular weight is 200 g/mol. The number of nitrogens with one attached hydrogen (secondary N) is 1. The fourth-order valence-electron chi connectivity index (χ4n) is 1.44. The molecule has 0 spiro atoms. The van der Waals surface area contributed by atoms with E-state index in [-0.39, 0.29) is 6.61 Å². The largest absolute Gasteiger partial charge is 0.395 e. The van der Waals surface area contributed by atoms with E-state index < -0.39 is 0 Å². The molecule has 1 heterocycles. The van der Waals surface area contributed by atoms with Crippen LogP contribution in [0.15, 0.2) is 18.2 Å². The summed E-state index contributed by atoms with van der Waals surface area (Å²) in [7, 11) is 0. The van der Waals surface area contributed by atoms with Crippen molar-refractivity contribution in [1.82, 2.24) is 10.2 Å². The molecule has 0 bridgehead atoms. The van der Waals surface area contributed by atoms with Crippen LogP contribution in [0, 0.1) is 18.8 Å². The lowest BCUT2D eigenvalue weighted by molar-refractivity contribution is 0.305. The second kappa shape index (κ2) is 4.16. The van der Waals surface area contributed by atoms with Crippen molar-refractivity contribution < 1.29 is 5.11 Å². The van der Waals surface area contributed by atoms with Crippen LogP contribution in [0.3, 0.4) is 0 Å². The molecule has 76 valence electrons. The number of aryl methyl sites for hydroxylation is 1. The zero-order valence-corrected chi connectivity index (χ0v) is 8.54. The number of aliphatic hydroxyl groups is 1. The predicted molar refractivity (Wildman–Crippen MR) is 59.4 cm³/mol. The minimum absolute atomic E-state index is 0.108. The van der Waals surface area contributed by atoms with E-state index >= 15 is 0 Å². The summed E-state index contributed by atoms with van der Waals surface area (Å²) in [6, 6.07) is 5.93. The van der Waals surface area contributed by atoms with Gasteiger partial charge in [0.15, 0.2) is 0 Å². The van der Waals surface area contributed by atoms with Gasteiger partial charge in [-0.15, -0.1) is 0 Å². The zero-order valence-electron chi connectivity index (χ0n) is 8.54. The SMILES string of the molecule is Cc1[nH]nc2cc(C#CCCO)ccc12. The molecule has 0 aliphatic carbocycles. The third-order valence-electron chi connectivity index (χ3n) is 2.22. The smallest absolute Gasteiger partial charge is 0.0936 e. The molecule has 0 aliphatic heterocycles. The first-order valence-electron chi connectivity index (χ1n) is 4.86. The maximum atomic E-state index is 8.60. The van der Waals surface area contributed by atoms with Crippen molar-refractivity contribution in [2.45, 2.75) is 13.3 Å². The summed E-state index contributed by atoms with van der Waals surface area (Å²) in [6.45, 7) is 2.10. The Balaban J connectivity index is 2.36. The Labute approximate surface area is 88.1 Å². The van der Waals surface area contributed by atoms with Gasteiger partial charge in [0.25, 0.3) is 0 Å². The van der Waals surface area contributed by atoms with Gasteiger partial charge in [-0.2, -0.15) is 5.10 Å². The molecule has 0 fully saturated rings. The van der Waals surface area contributed by atoms with Crippen LogP contribution in [0.25, 0.3) is 10.9 Å². The summed E-state index contributed by atoms with van der Waals surface area (Å²) in [6.07, 6.45) is 0.512. The van der Waals surface area contributed by atoms with Gasteiger partial charge in [-0.3, -0.25) is 5.10 Å². The second-order valence-electron chi connectivity index (χ2n) is 3.36. The number of rotatable bonds is 1. The van der Waals surface area contributed by atoms with E-state index in [0.717, 1.165) is 22.2 Å². The Bertz CT molecular complexity index is 531. The number of nitrogens with zero attached hydrogens (tertiary/aromatic N) is 1. The van der Waals surface area contributed by atoms with Crippen LogP contribution < -0.4 is 0 Å². The Morgan fingerprint density at radius 2 is 2.33 bits per heavy atom. The molecule has 3 nitrogen and oxygen atoms in total. The molecule has 2 aromatic rings. The first kappa shape index (κ1) is 9.75. The van der Waals surface area contributed by atoms with E-state index in [0.29, 0.717) is 6.42 Å². The van der Waals surface area contributed by atoms with Gasteiger partial charge >= 0.3 is 0 Å². The lowest BCUT2D eigenvalue weighted by atomic mass is 10.1. The molecule has 0 saturated heterocycles. The summed E-state index contributed by atoms with van der Waals surface area (Å²) >= 11 is 0. The van der Waals surface area contributed by atoms with Crippen LogP contribution in [0.5, 0.6) is 0 Å². The lowest BCUT2D eigenvalue weighted by Crippen LogP contribution is -1.78. The number of hydrogen-bond donors (Lipinski definition) is 2. The minimum atomic E-state index is 0.108. The Kier molecular flexibility index (Phi) is 2.70. The third kappa shape index (κ3) is 2.00. The summed E-state index contributed by atoms with van der Waals surface area (Å²) in [5, 5.41) is 16.8. The van der Waals surface area contributed by atoms with E-state index in [4.69, 9.17) is 5.11 Å². The summed E-state index contributed by atoms with van der Waals surface area (Å²) in [5.41, 5.74) is 2.94. The maximum Gasteiger partial charge on any atom is 0.0936 e. The Morgan fingerprint density at radius 3 is 3.13 bits per heavy atom. The molecule has 0 aliphatic rings. The lowest BCUT2D eigenvalue weighted by Gasteiger charge is -1.91. The summed E-state index contributed by atoms with van der Waals surface area (Å²) in [4.78, 5) is 0. The van der Waals surface area contributed by atoms with E-state index in [9.17, 15) is 0 Å². The summed E-state index contributed by atoms with van der Waals surface area (Å²) < 4.78 is 0. The molecular formula is C12H12N2O. The van der Waals surface area contributed by atoms with Crippen LogP contribution in [-0.4, -0.2) is 21.9 Å². The van der Waals surface area contributed by atoms with E-state index in [2.05, 4.69) is 22.0 Å². The van der Waals surface area contributed by atoms with Gasteiger partial charge in [-0.1, -0.05) is 11.8 Å². The molecule has 3 heteroatoms. The average Bonchev–Trinajstić information content (AvgIpc) is 2.61. The molecule has 1 aromatic carbocycles. The van der Waals surface area contributed by atoms with Crippen LogP contribution in [0.4, 0.5) is 0 Å². The quantitative estimate of drug-likeness (QED) is 0.687. The number of H-pyrrole nitrogens is 1. The van der Waals surface area contributed by atoms with Crippen molar-refractivity contribution in [2.24, 2.45) is 0 Å². The van der Waals surface area contributed by atoms with Gasteiger partial charge < -0.3 is 5.11 Å². The normalized spacial score (nSPS) is 10.0. The highest BCUT2D eigenvalue weighted by molar-refractivity contribution is 5.82. The van der Waals surface area contributed by atoms with Crippen LogP contribution >= 0.6 is 0 Å². The van der Waals surface area contributed by atoms with Gasteiger partial charge in [0.2, 0.25) is 0 Å². The monoisotopic (exact) mass is 200 g/mol. The van der Waals surface area contributed by atoms with E-state index in [1.807, 2.05) is 25.1 Å². The number of benzene rings is 1. The van der Waals surface area contributed by atoms with Crippen LogP contribution in [-0.2, 0) is 0 Å². The van der Waals surface area contributed by atoms with Crippen molar-refractivity contribution in [3.63, 3.8) is 0 Å². The van der Waals surface area contributed by atoms with Crippen molar-refractivity contribution in [2.75, 3.05) is 6.61 Å². The first-order valence-corrected chi connectivity index (χ1v) is 4.86. The maximum absolute atomic E-state index is 8.60. The highest BCUT2D eigenvalue weighted by atomic mass is 16.2. The van der Waals surface area contributed by atoms with Crippen LogP contribution in [0.2, 0.25) is 0 Å². The predicted octanol–water partition coefficient (Wildman–Crippen LogP) is 1.61. The Hall–Kier alpha value is -1.79. The molecule has 1 aromatic heterocycles. The number of hydrogen-bond acceptors (Lipinski definition) is 2. The van der Waals surface area contributed by atoms with Crippen molar-refractivity contribution >= 4 is 10.9 Å². The molecule has 15 heavy (non-hydrogen) atoms. The molecule has 2 rings (SSSR count). The molecule has 0 saturated carbocycles. The highest BCUT2D eigenvalue weighted by Gasteiger charge is 2.00. The molecule has 0 radical (unpaired) electrons. The van der Waals surface area contributed by atoms with Gasteiger partial charge in [0.1, 0.15) is 0 Å². The molecule has 2 N–H and O–H groups in total. The minimum Gasteiger partial charge on any atom is -0.395 e. The standard InChI is InChI=1S/C12H12N2O/c1-9-11-6-5-10(4-2-3-7-15)8-12(11)14-13-9/h5-6,8,15H,3,7H2,1H3,(H,13,14). The van der Waals surface area contributed by atoms with E-state index in [1.54, 1.807) is 0 Å². The number of aliphatic hydroxyl groups excluding tert-OH is 1.